The van der Waals surface area contributed by atoms with Gasteiger partial charge in [-0.2, -0.15) is 0 Å². The van der Waals surface area contributed by atoms with Crippen molar-refractivity contribution in [1.29, 1.82) is 0 Å². The molecule has 0 spiro atoms. The van der Waals surface area contributed by atoms with Gasteiger partial charge in [-0.1, -0.05) is 54.6 Å². The van der Waals surface area contributed by atoms with E-state index in [9.17, 15) is 4.79 Å². The molecule has 3 rings (SSSR count). The van der Waals surface area contributed by atoms with E-state index in [0.29, 0.717) is 0 Å². The molecular formula is C20H19NaO3S. The maximum atomic E-state index is 12.0. The van der Waals surface area contributed by atoms with Crippen molar-refractivity contribution in [3.63, 3.8) is 0 Å². The first-order valence-corrected chi connectivity index (χ1v) is 8.98. The summed E-state index contributed by atoms with van der Waals surface area (Å²) in [4.78, 5) is 15.0. The van der Waals surface area contributed by atoms with Crippen molar-refractivity contribution >= 4 is 16.3 Å². The predicted octanol–water partition coefficient (Wildman–Crippen LogP) is 2.27. The number of rotatable bonds is 4. The van der Waals surface area contributed by atoms with Gasteiger partial charge in [-0.3, -0.25) is 4.79 Å². The van der Waals surface area contributed by atoms with Crippen LogP contribution in [-0.2, 0) is 8.98 Å². The molecule has 5 heteroatoms. The number of carbonyl (C=O) groups is 1. The molecule has 0 unspecified atom stereocenters. The van der Waals surface area contributed by atoms with Crippen LogP contribution in [0.2, 0.25) is 0 Å². The van der Waals surface area contributed by atoms with Crippen LogP contribution in [0.15, 0.2) is 106 Å². The molecule has 3 aromatic carbocycles. The molecule has 0 aliphatic heterocycles. The molecule has 0 atom stereocenters. The number of hydrogen-bond acceptors (Lipinski definition) is 3. The average molecular weight is 362 g/mol. The van der Waals surface area contributed by atoms with Crippen LogP contribution >= 0.6 is 10.3 Å². The average Bonchev–Trinajstić information content (AvgIpc) is 2.62. The molecule has 0 bridgehead atoms. The Morgan fingerprint density at radius 3 is 1.20 bits per heavy atom. The summed E-state index contributed by atoms with van der Waals surface area (Å²) in [6.45, 7) is 1.47. The smallest absolute Gasteiger partial charge is 0.870 e. The second-order valence-electron chi connectivity index (χ2n) is 5.07. The largest absolute Gasteiger partial charge is 1.00 e. The van der Waals surface area contributed by atoms with Crippen molar-refractivity contribution in [2.45, 2.75) is 21.6 Å². The SMILES string of the molecule is CC(=O)OS(c1ccccc1)(c1ccccc1)c1ccccc1.[Na+].[OH-]. The topological polar surface area (TPSA) is 56.3 Å². The standard InChI is InChI=1S/C20H18O2S.Na.H2O/c1-17(21)22-23(18-11-5-2-6-12-18,19-13-7-3-8-14-19)20-15-9-4-10-16-20;;/h2-16H,1H3;;1H2/q;+1;/p-1. The van der Waals surface area contributed by atoms with Gasteiger partial charge in [0.15, 0.2) is 0 Å². The molecule has 0 aliphatic carbocycles. The molecule has 0 aromatic heterocycles. The summed E-state index contributed by atoms with van der Waals surface area (Å²) in [5, 5.41) is 0. The Bertz CT molecular complexity index is 683. The van der Waals surface area contributed by atoms with Crippen molar-refractivity contribution in [1.82, 2.24) is 0 Å². The van der Waals surface area contributed by atoms with Crippen molar-refractivity contribution < 1.29 is 44.0 Å². The molecule has 0 amide bonds. The van der Waals surface area contributed by atoms with Crippen LogP contribution in [0.5, 0.6) is 0 Å². The molecule has 0 saturated heterocycles. The van der Waals surface area contributed by atoms with E-state index in [0.717, 1.165) is 14.7 Å². The Kier molecular flexibility index (Phi) is 8.42. The molecule has 0 aliphatic rings. The zero-order valence-electron chi connectivity index (χ0n) is 14.3. The summed E-state index contributed by atoms with van der Waals surface area (Å²) in [6.07, 6.45) is 0. The van der Waals surface area contributed by atoms with E-state index in [2.05, 4.69) is 0 Å². The van der Waals surface area contributed by atoms with Crippen LogP contribution in [0, 0.1) is 0 Å². The number of carbonyl (C=O) groups excluding carboxylic acids is 1. The summed E-state index contributed by atoms with van der Waals surface area (Å²) < 4.78 is 6.04. The van der Waals surface area contributed by atoms with E-state index >= 15 is 0 Å². The first kappa shape index (κ1) is 21.5. The van der Waals surface area contributed by atoms with Crippen molar-refractivity contribution in [3.8, 4) is 0 Å². The molecule has 0 fully saturated rings. The van der Waals surface area contributed by atoms with Crippen molar-refractivity contribution in [2.75, 3.05) is 0 Å². The second-order valence-corrected chi connectivity index (χ2v) is 7.76. The second kappa shape index (κ2) is 9.80. The van der Waals surface area contributed by atoms with Gasteiger partial charge in [0.05, 0.1) is 0 Å². The van der Waals surface area contributed by atoms with Gasteiger partial charge < -0.3 is 9.66 Å². The van der Waals surface area contributed by atoms with Gasteiger partial charge in [0.1, 0.15) is 0 Å². The molecule has 0 heterocycles. The van der Waals surface area contributed by atoms with Gasteiger partial charge >= 0.3 is 35.5 Å². The van der Waals surface area contributed by atoms with Crippen LogP contribution in [0.3, 0.4) is 0 Å². The fraction of sp³-hybridized carbons (Fsp3) is 0.0500. The van der Waals surface area contributed by atoms with E-state index in [1.165, 1.54) is 6.92 Å². The predicted molar refractivity (Wildman–Crippen MR) is 95.4 cm³/mol. The number of hydrogen-bond donors (Lipinski definition) is 0. The fourth-order valence-corrected chi connectivity index (χ4v) is 5.64. The number of benzene rings is 3. The van der Waals surface area contributed by atoms with Crippen molar-refractivity contribution in [2.24, 2.45) is 0 Å². The molecule has 3 aromatic rings. The fourth-order valence-electron chi connectivity index (χ4n) is 2.57. The summed E-state index contributed by atoms with van der Waals surface area (Å²) in [5.74, 6) is -0.281. The summed E-state index contributed by atoms with van der Waals surface area (Å²) in [7, 11) is -2.08. The summed E-state index contributed by atoms with van der Waals surface area (Å²) in [6, 6.07) is 29.9. The van der Waals surface area contributed by atoms with E-state index in [1.807, 2.05) is 91.0 Å². The molecule has 124 valence electrons. The van der Waals surface area contributed by atoms with Crippen LogP contribution in [0.4, 0.5) is 0 Å². The minimum Gasteiger partial charge on any atom is -0.870 e. The van der Waals surface area contributed by atoms with Gasteiger partial charge in [-0.15, -0.1) is 0 Å². The van der Waals surface area contributed by atoms with Gasteiger partial charge in [0.25, 0.3) is 0 Å². The van der Waals surface area contributed by atoms with Crippen LogP contribution in [0.1, 0.15) is 6.92 Å². The Hall–Kier alpha value is -1.56. The Morgan fingerprint density at radius 1 is 0.680 bits per heavy atom. The van der Waals surface area contributed by atoms with E-state index < -0.39 is 10.3 Å². The monoisotopic (exact) mass is 362 g/mol. The Labute approximate surface area is 172 Å². The maximum Gasteiger partial charge on any atom is 1.00 e. The Morgan fingerprint density at radius 2 is 0.960 bits per heavy atom. The van der Waals surface area contributed by atoms with Crippen LogP contribution in [0.25, 0.3) is 0 Å². The summed E-state index contributed by atoms with van der Waals surface area (Å²) >= 11 is 0. The molecule has 3 nitrogen and oxygen atoms in total. The molecule has 25 heavy (non-hydrogen) atoms. The van der Waals surface area contributed by atoms with E-state index in [4.69, 9.17) is 4.18 Å². The zero-order valence-corrected chi connectivity index (χ0v) is 17.1. The third-order valence-electron chi connectivity index (χ3n) is 3.47. The van der Waals surface area contributed by atoms with Gasteiger partial charge in [0, 0.05) is 21.6 Å². The minimum absolute atomic E-state index is 0. The third kappa shape index (κ3) is 4.54. The van der Waals surface area contributed by atoms with Gasteiger partial charge in [-0.05, 0) is 46.7 Å². The first-order chi connectivity index (χ1) is 11.2. The van der Waals surface area contributed by atoms with Crippen LogP contribution < -0.4 is 29.6 Å². The normalized spacial score (nSPS) is 10.8. The zero-order chi connectivity index (χ0) is 16.1. The van der Waals surface area contributed by atoms with Gasteiger partial charge in [-0.25, -0.2) is 0 Å². The first-order valence-electron chi connectivity index (χ1n) is 7.42. The minimum atomic E-state index is -2.08. The summed E-state index contributed by atoms with van der Waals surface area (Å²) in [5.41, 5.74) is 0. The molecule has 1 N–H and O–H groups in total. The third-order valence-corrected chi connectivity index (χ3v) is 6.76. The van der Waals surface area contributed by atoms with E-state index in [1.54, 1.807) is 0 Å². The molecule has 0 radical (unpaired) electrons. The Balaban J connectivity index is 0.00000156. The van der Waals surface area contributed by atoms with Gasteiger partial charge in [0.2, 0.25) is 0 Å². The maximum absolute atomic E-state index is 12.0. The molecular weight excluding hydrogens is 343 g/mol. The molecule has 0 saturated carbocycles. The van der Waals surface area contributed by atoms with Crippen LogP contribution in [-0.4, -0.2) is 11.4 Å². The quantitative estimate of drug-likeness (QED) is 0.669. The van der Waals surface area contributed by atoms with E-state index in [-0.39, 0.29) is 41.0 Å². The van der Waals surface area contributed by atoms with Crippen molar-refractivity contribution in [3.05, 3.63) is 91.0 Å².